The molecule has 1 heterocycles. The van der Waals surface area contributed by atoms with E-state index in [-0.39, 0.29) is 29.6 Å². The lowest BCUT2D eigenvalue weighted by Gasteiger charge is -2.22. The minimum Gasteiger partial charge on any atom is -0.394 e. The van der Waals surface area contributed by atoms with E-state index in [1.54, 1.807) is 36.4 Å². The molecule has 3 aromatic rings. The Kier molecular flexibility index (Phi) is 8.36. The molecule has 1 aliphatic rings. The molecule has 5 nitrogen and oxygen atoms in total. The molecule has 3 N–H and O–H groups in total. The van der Waals surface area contributed by atoms with Gasteiger partial charge in [0.1, 0.15) is 11.5 Å². The Bertz CT molecular complexity index is 1400. The molecule has 1 atom stereocenters. The van der Waals surface area contributed by atoms with Gasteiger partial charge in [0.2, 0.25) is 0 Å². The molecule has 0 saturated carbocycles. The second-order valence-electron chi connectivity index (χ2n) is 8.07. The maximum Gasteiger partial charge on any atom is 0.267 e. The van der Waals surface area contributed by atoms with Crippen molar-refractivity contribution >= 4 is 57.4 Å². The van der Waals surface area contributed by atoms with Crippen LogP contribution < -0.4 is 11.1 Å². The maximum atomic E-state index is 13.4. The molecule has 1 aliphatic heterocycles. The topological polar surface area (TPSA) is 84.5 Å². The van der Waals surface area contributed by atoms with Crippen molar-refractivity contribution in [2.24, 2.45) is 10.7 Å². The van der Waals surface area contributed by atoms with Crippen molar-refractivity contribution < 1.29 is 13.4 Å². The van der Waals surface area contributed by atoms with Gasteiger partial charge >= 0.3 is 0 Å². The Morgan fingerprint density at radius 2 is 1.78 bits per heavy atom. The highest BCUT2D eigenvalue weighted by atomic mass is 35.5. The van der Waals surface area contributed by atoms with Crippen LogP contribution in [0.25, 0.3) is 6.08 Å². The number of benzene rings is 3. The molecule has 0 radical (unpaired) electrons. The smallest absolute Gasteiger partial charge is 0.267 e. The first-order chi connectivity index (χ1) is 17.3. The van der Waals surface area contributed by atoms with E-state index in [1.807, 2.05) is 30.3 Å². The molecule has 1 saturated heterocycles. The van der Waals surface area contributed by atoms with Crippen molar-refractivity contribution in [1.29, 1.82) is 0 Å². The van der Waals surface area contributed by atoms with Crippen molar-refractivity contribution in [2.45, 2.75) is 6.54 Å². The van der Waals surface area contributed by atoms with Gasteiger partial charge in [0.05, 0.1) is 27.9 Å². The normalized spacial score (nSPS) is 19.4. The van der Waals surface area contributed by atoms with Crippen LogP contribution in [0.4, 0.5) is 10.1 Å². The summed E-state index contributed by atoms with van der Waals surface area (Å²) in [4.78, 5) is 17.7. The number of nitrogens with two attached hydrogens (primary N) is 1. The van der Waals surface area contributed by atoms with E-state index in [0.29, 0.717) is 38.2 Å². The first kappa shape index (κ1) is 25.8. The van der Waals surface area contributed by atoms with E-state index < -0.39 is 16.7 Å². The number of aliphatic imine (C=N–C) groups is 1. The van der Waals surface area contributed by atoms with Crippen molar-refractivity contribution in [3.05, 3.63) is 117 Å². The second-order valence-corrected chi connectivity index (χ2v) is 10.4. The highest BCUT2D eigenvalue weighted by molar-refractivity contribution is 7.85. The lowest BCUT2D eigenvalue weighted by Crippen LogP contribution is -2.34. The van der Waals surface area contributed by atoms with Crippen molar-refractivity contribution in [3.8, 4) is 0 Å². The lowest BCUT2D eigenvalue weighted by atomic mass is 9.99. The van der Waals surface area contributed by atoms with Crippen LogP contribution in [-0.2, 0) is 22.1 Å². The number of carbonyl (C=O) groups is 1. The molecule has 0 aliphatic carbocycles. The van der Waals surface area contributed by atoms with Gasteiger partial charge in [0, 0.05) is 27.9 Å². The maximum absolute atomic E-state index is 13.4. The number of rotatable bonds is 5. The van der Waals surface area contributed by atoms with Crippen molar-refractivity contribution in [2.75, 3.05) is 11.5 Å². The zero-order chi connectivity index (χ0) is 25.7. The van der Waals surface area contributed by atoms with Crippen LogP contribution >= 0.6 is 23.2 Å². The average Bonchev–Trinajstić information content (AvgIpc) is 2.86. The van der Waals surface area contributed by atoms with Crippen LogP contribution in [0, 0.1) is 5.82 Å². The fourth-order valence-electron chi connectivity index (χ4n) is 3.63. The fraction of sp³-hybridized carbons (Fsp3) is 0.111. The molecule has 0 bridgehead atoms. The summed E-state index contributed by atoms with van der Waals surface area (Å²) < 4.78 is 26.3. The Balaban J connectivity index is 1.78. The van der Waals surface area contributed by atoms with Crippen LogP contribution in [-0.4, -0.2) is 27.3 Å². The molecule has 0 aromatic heterocycles. The van der Waals surface area contributed by atoms with E-state index >= 15 is 0 Å². The first-order valence-electron chi connectivity index (χ1n) is 11.0. The molecular formula is C27H22Cl2FN3O2S. The highest BCUT2D eigenvalue weighted by Gasteiger charge is 2.28. The Labute approximate surface area is 221 Å². The summed E-state index contributed by atoms with van der Waals surface area (Å²) in [6.07, 6.45) is 1.76. The van der Waals surface area contributed by atoms with Gasteiger partial charge in [-0.05, 0) is 53.1 Å². The number of nitrogens with zero attached hydrogens (tertiary/aromatic N) is 1. The van der Waals surface area contributed by atoms with Gasteiger partial charge in [0.25, 0.3) is 5.91 Å². The zero-order valence-electron chi connectivity index (χ0n) is 19.0. The quantitative estimate of drug-likeness (QED) is 0.413. The molecule has 4 rings (SSSR count). The van der Waals surface area contributed by atoms with Crippen LogP contribution in [0.3, 0.4) is 0 Å². The summed E-state index contributed by atoms with van der Waals surface area (Å²) in [5.41, 5.74) is 9.60. The minimum absolute atomic E-state index is 0.0510. The number of amides is 1. The number of hydrogen-bond acceptors (Lipinski definition) is 4. The van der Waals surface area contributed by atoms with Gasteiger partial charge in [-0.15, -0.1) is 0 Å². The van der Waals surface area contributed by atoms with Crippen molar-refractivity contribution in [3.63, 3.8) is 0 Å². The number of carbonyl (C=O) groups excluding carboxylic acids is 1. The predicted molar refractivity (Wildman–Crippen MR) is 145 cm³/mol. The van der Waals surface area contributed by atoms with Gasteiger partial charge in [0.15, 0.2) is 0 Å². The number of halogens is 3. The van der Waals surface area contributed by atoms with E-state index in [0.717, 1.165) is 5.56 Å². The first-order valence-corrected chi connectivity index (χ1v) is 13.2. The van der Waals surface area contributed by atoms with E-state index in [2.05, 4.69) is 5.32 Å². The van der Waals surface area contributed by atoms with Gasteiger partial charge < -0.3 is 11.1 Å². The number of hydrogen-bond donors (Lipinski definition) is 2. The summed E-state index contributed by atoms with van der Waals surface area (Å²) in [5.74, 6) is -0.630. The van der Waals surface area contributed by atoms with Crippen LogP contribution in [0.5, 0.6) is 0 Å². The van der Waals surface area contributed by atoms with Gasteiger partial charge in [-0.1, -0.05) is 65.7 Å². The molecule has 184 valence electrons. The average molecular weight is 542 g/mol. The summed E-state index contributed by atoms with van der Waals surface area (Å²) in [7, 11) is -1.34. The number of nitrogens with one attached hydrogen (secondary N) is 1. The van der Waals surface area contributed by atoms with Gasteiger partial charge in [-0.2, -0.15) is 0 Å². The predicted octanol–water partition coefficient (Wildman–Crippen LogP) is 5.58. The van der Waals surface area contributed by atoms with Gasteiger partial charge in [-0.25, -0.2) is 9.38 Å². The third kappa shape index (κ3) is 6.49. The summed E-state index contributed by atoms with van der Waals surface area (Å²) in [5, 5.41) is 3.57. The molecule has 9 heteroatoms. The molecular weight excluding hydrogens is 520 g/mol. The molecule has 1 unspecified atom stereocenters. The third-order valence-corrected chi connectivity index (χ3v) is 7.21. The van der Waals surface area contributed by atoms with E-state index in [1.165, 1.54) is 12.1 Å². The zero-order valence-corrected chi connectivity index (χ0v) is 21.3. The molecule has 36 heavy (non-hydrogen) atoms. The van der Waals surface area contributed by atoms with E-state index in [9.17, 15) is 13.4 Å². The molecule has 1 amide bonds. The SMILES string of the molecule is NC(C(=O)NCc1ccccc1)=C1CS(=O)C/C(=C\c2ccc(F)cc2)C1=Nc1ccc(Cl)cc1Cl. The molecule has 0 spiro atoms. The monoisotopic (exact) mass is 541 g/mol. The van der Waals surface area contributed by atoms with E-state index in [4.69, 9.17) is 33.9 Å². The second kappa shape index (κ2) is 11.6. The Hall–Kier alpha value is -3.26. The lowest BCUT2D eigenvalue weighted by molar-refractivity contribution is -0.117. The molecule has 3 aromatic carbocycles. The highest BCUT2D eigenvalue weighted by Crippen LogP contribution is 2.31. The summed E-state index contributed by atoms with van der Waals surface area (Å²) in [6.45, 7) is 0.282. The van der Waals surface area contributed by atoms with Gasteiger partial charge in [-0.3, -0.25) is 9.00 Å². The van der Waals surface area contributed by atoms with Crippen LogP contribution in [0.2, 0.25) is 10.0 Å². The minimum atomic E-state index is -1.34. The van der Waals surface area contributed by atoms with Crippen LogP contribution in [0.15, 0.2) is 94.6 Å². The van der Waals surface area contributed by atoms with Crippen LogP contribution in [0.1, 0.15) is 11.1 Å². The third-order valence-electron chi connectivity index (χ3n) is 5.43. The van der Waals surface area contributed by atoms with Crippen molar-refractivity contribution in [1.82, 2.24) is 5.32 Å². The largest absolute Gasteiger partial charge is 0.394 e. The Morgan fingerprint density at radius 1 is 1.06 bits per heavy atom. The molecule has 1 fully saturated rings. The fourth-order valence-corrected chi connectivity index (χ4v) is 5.37. The standard InChI is InChI=1S/C27H22Cl2FN3O2S/c28-20-8-11-24(23(29)13-20)33-26-19(12-17-6-9-21(30)10-7-17)15-36(35)16-22(26)25(31)27(34)32-14-18-4-2-1-3-5-18/h1-13H,14-16,31H2,(H,32,34)/b19-12+,25-22?,33-26?. The summed E-state index contributed by atoms with van der Waals surface area (Å²) in [6, 6.07) is 20.2. The summed E-state index contributed by atoms with van der Waals surface area (Å²) >= 11 is 12.4. The Morgan fingerprint density at radius 3 is 2.47 bits per heavy atom.